The number of nitrogens with one attached hydrogen (secondary N) is 1. The maximum atomic E-state index is 12.9. The number of amides is 2. The molecule has 2 N–H and O–H groups in total. The third-order valence-corrected chi connectivity index (χ3v) is 6.01. The van der Waals surface area contributed by atoms with Gasteiger partial charge in [-0.15, -0.1) is 0 Å². The van der Waals surface area contributed by atoms with Gasteiger partial charge in [0.2, 0.25) is 11.8 Å². The van der Waals surface area contributed by atoms with Crippen LogP contribution < -0.4 is 10.1 Å². The average molecular weight is 439 g/mol. The molecule has 0 bridgehead atoms. The third-order valence-electron chi connectivity index (χ3n) is 5.51. The molecule has 146 valence electrons. The molecule has 2 amide bonds. The summed E-state index contributed by atoms with van der Waals surface area (Å²) in [5, 5.41) is 13.3. The predicted octanol–water partition coefficient (Wildman–Crippen LogP) is 2.20. The number of rotatable bonds is 5. The van der Waals surface area contributed by atoms with Crippen LogP contribution in [0.15, 0.2) is 22.7 Å². The molecule has 27 heavy (non-hydrogen) atoms. The number of imide groups is 1. The molecule has 0 spiro atoms. The largest absolute Gasteiger partial charge is 0.496 e. The van der Waals surface area contributed by atoms with Crippen molar-refractivity contribution in [2.24, 2.45) is 17.8 Å². The molecule has 2 saturated heterocycles. The van der Waals surface area contributed by atoms with E-state index in [2.05, 4.69) is 21.2 Å². The SMILES string of the molecule is COc1ccc(Br)cc1C1NC(CC(C)C)(C(=O)O)C2C(=O)N(C)C(=O)C12. The van der Waals surface area contributed by atoms with Crippen molar-refractivity contribution in [2.45, 2.75) is 31.8 Å². The van der Waals surface area contributed by atoms with Gasteiger partial charge in [0.15, 0.2) is 0 Å². The molecular formula is C19H23BrN2O5. The molecule has 8 heteroatoms. The number of benzene rings is 1. The molecule has 0 radical (unpaired) electrons. The van der Waals surface area contributed by atoms with E-state index in [1.165, 1.54) is 14.2 Å². The number of ether oxygens (including phenoxy) is 1. The zero-order chi connectivity index (χ0) is 20.1. The minimum absolute atomic E-state index is 0.0196. The maximum absolute atomic E-state index is 12.9. The second kappa shape index (κ2) is 6.91. The number of aliphatic carboxylic acids is 1. The Morgan fingerprint density at radius 3 is 2.59 bits per heavy atom. The molecule has 0 aliphatic carbocycles. The van der Waals surface area contributed by atoms with Crippen LogP contribution in [0.25, 0.3) is 0 Å². The lowest BCUT2D eigenvalue weighted by molar-refractivity contribution is -0.151. The molecule has 7 nitrogen and oxygen atoms in total. The Kier molecular flexibility index (Phi) is 5.07. The summed E-state index contributed by atoms with van der Waals surface area (Å²) in [6.07, 6.45) is 0.239. The lowest BCUT2D eigenvalue weighted by Gasteiger charge is -2.32. The van der Waals surface area contributed by atoms with Crippen LogP contribution in [-0.2, 0) is 14.4 Å². The van der Waals surface area contributed by atoms with Crippen LogP contribution in [0.2, 0.25) is 0 Å². The molecule has 0 saturated carbocycles. The van der Waals surface area contributed by atoms with E-state index in [0.717, 1.165) is 9.37 Å². The first kappa shape index (κ1) is 19.8. The van der Waals surface area contributed by atoms with Gasteiger partial charge in [-0.2, -0.15) is 0 Å². The van der Waals surface area contributed by atoms with Gasteiger partial charge >= 0.3 is 5.97 Å². The van der Waals surface area contributed by atoms with Crippen LogP contribution in [0.1, 0.15) is 31.9 Å². The van der Waals surface area contributed by atoms with Crippen LogP contribution in [0.4, 0.5) is 0 Å². The molecule has 1 aromatic rings. The zero-order valence-corrected chi connectivity index (χ0v) is 17.2. The van der Waals surface area contributed by atoms with E-state index in [1.54, 1.807) is 18.2 Å². The number of fused-ring (bicyclic) bond motifs is 1. The van der Waals surface area contributed by atoms with E-state index in [9.17, 15) is 19.5 Å². The summed E-state index contributed by atoms with van der Waals surface area (Å²) >= 11 is 3.42. The number of hydrogen-bond donors (Lipinski definition) is 2. The lowest BCUT2D eigenvalue weighted by Crippen LogP contribution is -2.56. The Bertz CT molecular complexity index is 811. The van der Waals surface area contributed by atoms with Crippen LogP contribution in [0.5, 0.6) is 5.75 Å². The molecule has 1 aromatic carbocycles. The highest BCUT2D eigenvalue weighted by atomic mass is 79.9. The van der Waals surface area contributed by atoms with E-state index in [-0.39, 0.29) is 18.2 Å². The summed E-state index contributed by atoms with van der Waals surface area (Å²) in [6, 6.07) is 4.72. The molecule has 2 heterocycles. The maximum Gasteiger partial charge on any atom is 0.324 e. The Morgan fingerprint density at radius 2 is 2.04 bits per heavy atom. The smallest absolute Gasteiger partial charge is 0.324 e. The predicted molar refractivity (Wildman–Crippen MR) is 101 cm³/mol. The van der Waals surface area contributed by atoms with Crippen molar-refractivity contribution >= 4 is 33.7 Å². The molecule has 0 aromatic heterocycles. The van der Waals surface area contributed by atoms with Gasteiger partial charge in [-0.25, -0.2) is 0 Å². The number of carbonyl (C=O) groups excluding carboxylic acids is 2. The van der Waals surface area contributed by atoms with Crippen molar-refractivity contribution in [3.63, 3.8) is 0 Å². The minimum Gasteiger partial charge on any atom is -0.496 e. The van der Waals surface area contributed by atoms with Gasteiger partial charge < -0.3 is 9.84 Å². The number of nitrogens with zero attached hydrogens (tertiary/aromatic N) is 1. The quantitative estimate of drug-likeness (QED) is 0.684. The topological polar surface area (TPSA) is 95.9 Å². The first-order valence-electron chi connectivity index (χ1n) is 8.80. The van der Waals surface area contributed by atoms with E-state index in [1.807, 2.05) is 13.8 Å². The van der Waals surface area contributed by atoms with E-state index in [0.29, 0.717) is 11.3 Å². The van der Waals surface area contributed by atoms with Crippen molar-refractivity contribution in [3.05, 3.63) is 28.2 Å². The molecule has 3 rings (SSSR count). The van der Waals surface area contributed by atoms with Crippen LogP contribution >= 0.6 is 15.9 Å². The number of carboxylic acid groups (broad SMARTS) is 1. The summed E-state index contributed by atoms with van der Waals surface area (Å²) in [7, 11) is 2.94. The van der Waals surface area contributed by atoms with Crippen molar-refractivity contribution in [1.82, 2.24) is 10.2 Å². The molecule has 4 atom stereocenters. The Morgan fingerprint density at radius 1 is 1.37 bits per heavy atom. The highest BCUT2D eigenvalue weighted by Crippen LogP contribution is 2.52. The van der Waals surface area contributed by atoms with Gasteiger partial charge in [-0.3, -0.25) is 24.6 Å². The molecule has 2 aliphatic rings. The lowest BCUT2D eigenvalue weighted by atomic mass is 9.75. The second-order valence-corrected chi connectivity index (χ2v) is 8.54. The number of carbonyl (C=O) groups is 3. The van der Waals surface area contributed by atoms with Crippen molar-refractivity contribution in [2.75, 3.05) is 14.2 Å². The summed E-state index contributed by atoms with van der Waals surface area (Å²) in [6.45, 7) is 3.80. The molecule has 2 fully saturated rings. The Hall–Kier alpha value is -1.93. The standard InChI is InChI=1S/C19H23BrN2O5/c1-9(2)8-19(18(25)26)14-13(16(23)22(3)17(14)24)15(21-19)11-7-10(20)5-6-12(11)27-4/h5-7,9,13-15,21H,8H2,1-4H3,(H,25,26). The molecule has 2 aliphatic heterocycles. The summed E-state index contributed by atoms with van der Waals surface area (Å²) in [5.41, 5.74) is -0.848. The number of hydrogen-bond acceptors (Lipinski definition) is 5. The third kappa shape index (κ3) is 2.95. The first-order chi connectivity index (χ1) is 12.6. The van der Waals surface area contributed by atoms with Crippen LogP contribution in [0, 0.1) is 17.8 Å². The van der Waals surface area contributed by atoms with Crippen molar-refractivity contribution in [1.29, 1.82) is 0 Å². The number of methoxy groups -OCH3 is 1. The normalized spacial score (nSPS) is 30.1. The number of carboxylic acids is 1. The summed E-state index contributed by atoms with van der Waals surface area (Å²) in [5.74, 6) is -3.11. The van der Waals surface area contributed by atoms with Gasteiger partial charge in [0, 0.05) is 23.1 Å². The fourth-order valence-corrected chi connectivity index (χ4v) is 4.86. The van der Waals surface area contributed by atoms with Crippen LogP contribution in [0.3, 0.4) is 0 Å². The molecule has 4 unspecified atom stereocenters. The fourth-order valence-electron chi connectivity index (χ4n) is 4.48. The van der Waals surface area contributed by atoms with E-state index >= 15 is 0 Å². The Labute approximate surface area is 166 Å². The number of likely N-dealkylation sites (tertiary alicyclic amines) is 1. The summed E-state index contributed by atoms with van der Waals surface area (Å²) in [4.78, 5) is 39.2. The highest BCUT2D eigenvalue weighted by molar-refractivity contribution is 9.10. The van der Waals surface area contributed by atoms with E-state index < -0.39 is 35.3 Å². The molecular weight excluding hydrogens is 416 g/mol. The van der Waals surface area contributed by atoms with Gasteiger partial charge in [-0.05, 0) is 30.5 Å². The fraction of sp³-hybridized carbons (Fsp3) is 0.526. The van der Waals surface area contributed by atoms with Crippen molar-refractivity contribution < 1.29 is 24.2 Å². The van der Waals surface area contributed by atoms with Gasteiger partial charge in [-0.1, -0.05) is 29.8 Å². The first-order valence-corrected chi connectivity index (χ1v) is 9.59. The monoisotopic (exact) mass is 438 g/mol. The highest BCUT2D eigenvalue weighted by Gasteiger charge is 2.68. The number of halogens is 1. The van der Waals surface area contributed by atoms with Crippen LogP contribution in [-0.4, -0.2) is 47.5 Å². The zero-order valence-electron chi connectivity index (χ0n) is 15.7. The second-order valence-electron chi connectivity index (χ2n) is 7.62. The van der Waals surface area contributed by atoms with E-state index in [4.69, 9.17) is 4.74 Å². The minimum atomic E-state index is -1.51. The summed E-state index contributed by atoms with van der Waals surface area (Å²) < 4.78 is 6.22. The average Bonchev–Trinajstić information content (AvgIpc) is 3.05. The Balaban J connectivity index is 2.20. The van der Waals surface area contributed by atoms with Gasteiger partial charge in [0.25, 0.3) is 0 Å². The van der Waals surface area contributed by atoms with Gasteiger partial charge in [0.1, 0.15) is 11.3 Å². The van der Waals surface area contributed by atoms with Gasteiger partial charge in [0.05, 0.1) is 18.9 Å². The van der Waals surface area contributed by atoms with Crippen molar-refractivity contribution in [3.8, 4) is 5.75 Å².